The molecule has 4 rings (SSSR count). The van der Waals surface area contributed by atoms with E-state index >= 15 is 0 Å². The lowest BCUT2D eigenvalue weighted by Gasteiger charge is -2.19. The van der Waals surface area contributed by atoms with Crippen LogP contribution in [0.4, 0.5) is 25.3 Å². The van der Waals surface area contributed by atoms with E-state index < -0.39 is 17.5 Å². The van der Waals surface area contributed by atoms with Crippen molar-refractivity contribution < 1.29 is 13.6 Å². The van der Waals surface area contributed by atoms with Gasteiger partial charge in [-0.1, -0.05) is 17.4 Å². The first kappa shape index (κ1) is 18.4. The average Bonchev–Trinajstić information content (AvgIpc) is 3.36. The Balaban J connectivity index is 1.63. The number of hydrogen-bond acceptors (Lipinski definition) is 6. The van der Waals surface area contributed by atoms with Gasteiger partial charge in [0.05, 0.1) is 11.8 Å². The van der Waals surface area contributed by atoms with Crippen LogP contribution in [0.15, 0.2) is 24.4 Å². The van der Waals surface area contributed by atoms with E-state index in [0.717, 1.165) is 55.2 Å². The lowest BCUT2D eigenvalue weighted by molar-refractivity contribution is 0.102. The number of carbonyl (C=O) groups is 1. The molecule has 1 aromatic carbocycles. The van der Waals surface area contributed by atoms with Gasteiger partial charge in [-0.05, 0) is 25.0 Å². The molecule has 1 aliphatic rings. The summed E-state index contributed by atoms with van der Waals surface area (Å²) in [6, 6.07) is 3.53. The normalized spacial score (nSPS) is 13.9. The Morgan fingerprint density at radius 3 is 2.61 bits per heavy atom. The number of carbonyl (C=O) groups excluding carboxylic acids is 1. The van der Waals surface area contributed by atoms with Crippen LogP contribution in [-0.4, -0.2) is 33.8 Å². The number of nitrogens with zero attached hydrogens (tertiary/aromatic N) is 4. The maximum atomic E-state index is 14.0. The first-order valence-corrected chi connectivity index (χ1v) is 9.56. The minimum atomic E-state index is -0.760. The number of aryl methyl sites for hydroxylation is 1. The number of nitrogens with one attached hydrogen (secondary N) is 1. The molecular weight excluding hydrogens is 386 g/mol. The van der Waals surface area contributed by atoms with E-state index in [1.165, 1.54) is 6.07 Å². The third-order valence-corrected chi connectivity index (χ3v) is 5.51. The van der Waals surface area contributed by atoms with Gasteiger partial charge in [-0.2, -0.15) is 5.10 Å². The lowest BCUT2D eigenvalue weighted by atomic mass is 10.2. The first-order valence-electron chi connectivity index (χ1n) is 8.74. The van der Waals surface area contributed by atoms with Gasteiger partial charge in [-0.3, -0.25) is 9.48 Å². The molecule has 0 aliphatic carbocycles. The smallest absolute Gasteiger partial charge is 0.277 e. The second-order valence-electron chi connectivity index (χ2n) is 6.48. The highest BCUT2D eigenvalue weighted by Gasteiger charge is 2.25. The van der Waals surface area contributed by atoms with E-state index in [-0.39, 0.29) is 21.3 Å². The Morgan fingerprint density at radius 2 is 1.93 bits per heavy atom. The van der Waals surface area contributed by atoms with Crippen molar-refractivity contribution >= 4 is 33.8 Å². The Labute approximate surface area is 163 Å². The molecule has 3 heterocycles. The minimum Gasteiger partial charge on any atom is -0.389 e. The van der Waals surface area contributed by atoms with E-state index in [0.29, 0.717) is 5.69 Å². The van der Waals surface area contributed by atoms with Crippen LogP contribution in [0, 0.1) is 11.6 Å². The molecule has 7 nitrogen and oxygen atoms in total. The molecule has 0 atom stereocenters. The Hall–Kier alpha value is -3.01. The predicted octanol–water partition coefficient (Wildman–Crippen LogP) is 3.26. The molecule has 1 saturated heterocycles. The monoisotopic (exact) mass is 404 g/mol. The number of nitrogen functional groups attached to an aromatic ring is 1. The van der Waals surface area contributed by atoms with Gasteiger partial charge in [-0.15, -0.1) is 0 Å². The number of amides is 1. The second kappa shape index (κ2) is 7.19. The van der Waals surface area contributed by atoms with Crippen molar-refractivity contribution in [2.45, 2.75) is 12.8 Å². The highest BCUT2D eigenvalue weighted by atomic mass is 32.1. The fourth-order valence-electron chi connectivity index (χ4n) is 3.31. The molecule has 10 heteroatoms. The molecular formula is C18H18F2N6OS. The Morgan fingerprint density at radius 1 is 1.25 bits per heavy atom. The predicted molar refractivity (Wildman–Crippen MR) is 104 cm³/mol. The van der Waals surface area contributed by atoms with Gasteiger partial charge in [0.1, 0.15) is 27.3 Å². The molecule has 3 aromatic rings. The molecule has 1 fully saturated rings. The summed E-state index contributed by atoms with van der Waals surface area (Å²) in [5.74, 6) is -1.27. The zero-order valence-electron chi connectivity index (χ0n) is 15.1. The average molecular weight is 404 g/mol. The number of thiazole rings is 1. The highest BCUT2D eigenvalue weighted by molar-refractivity contribution is 7.19. The van der Waals surface area contributed by atoms with E-state index in [2.05, 4.69) is 20.3 Å². The van der Waals surface area contributed by atoms with E-state index in [1.807, 2.05) is 0 Å². The van der Waals surface area contributed by atoms with Gasteiger partial charge in [-0.25, -0.2) is 13.8 Å². The highest BCUT2D eigenvalue weighted by Crippen LogP contribution is 2.34. The lowest BCUT2D eigenvalue weighted by Crippen LogP contribution is -2.23. The number of halogens is 2. The largest absolute Gasteiger partial charge is 0.389 e. The maximum Gasteiger partial charge on any atom is 0.277 e. The molecule has 0 unspecified atom stereocenters. The molecule has 0 spiro atoms. The Bertz CT molecular complexity index is 1020. The van der Waals surface area contributed by atoms with Crippen LogP contribution in [0.2, 0.25) is 0 Å². The van der Waals surface area contributed by atoms with Gasteiger partial charge >= 0.3 is 0 Å². The third-order valence-electron chi connectivity index (χ3n) is 4.61. The SMILES string of the molecule is Cn1ncc(NC(=O)c2nc(-c3c(F)cccc3F)sc2N)c1N1CCCC1. The molecule has 1 aliphatic heterocycles. The summed E-state index contributed by atoms with van der Waals surface area (Å²) < 4.78 is 29.7. The van der Waals surface area contributed by atoms with Crippen LogP contribution in [0.25, 0.3) is 10.6 Å². The number of aromatic nitrogens is 3. The summed E-state index contributed by atoms with van der Waals surface area (Å²) in [6.45, 7) is 1.77. The van der Waals surface area contributed by atoms with Gasteiger partial charge in [0.2, 0.25) is 0 Å². The molecule has 146 valence electrons. The summed E-state index contributed by atoms with van der Waals surface area (Å²) in [4.78, 5) is 19.0. The summed E-state index contributed by atoms with van der Waals surface area (Å²) in [6.07, 6.45) is 3.72. The quantitative estimate of drug-likeness (QED) is 0.697. The summed E-state index contributed by atoms with van der Waals surface area (Å²) in [5.41, 5.74) is 6.10. The number of anilines is 3. The maximum absolute atomic E-state index is 14.0. The number of rotatable bonds is 4. The summed E-state index contributed by atoms with van der Waals surface area (Å²) in [7, 11) is 1.81. The fourth-order valence-corrected chi connectivity index (χ4v) is 4.19. The zero-order chi connectivity index (χ0) is 19.8. The second-order valence-corrected chi connectivity index (χ2v) is 7.51. The minimum absolute atomic E-state index is 0.0178. The van der Waals surface area contributed by atoms with Gasteiger partial charge in [0.25, 0.3) is 5.91 Å². The van der Waals surface area contributed by atoms with Crippen molar-refractivity contribution in [3.05, 3.63) is 41.7 Å². The van der Waals surface area contributed by atoms with Crippen molar-refractivity contribution in [3.8, 4) is 10.6 Å². The van der Waals surface area contributed by atoms with Crippen LogP contribution < -0.4 is 16.0 Å². The zero-order valence-corrected chi connectivity index (χ0v) is 15.9. The molecule has 2 aromatic heterocycles. The van der Waals surface area contributed by atoms with Crippen LogP contribution in [0.1, 0.15) is 23.3 Å². The van der Waals surface area contributed by atoms with Crippen molar-refractivity contribution in [1.29, 1.82) is 0 Å². The van der Waals surface area contributed by atoms with Crippen LogP contribution in [0.3, 0.4) is 0 Å². The molecule has 1 amide bonds. The first-order chi connectivity index (χ1) is 13.5. The number of nitrogens with two attached hydrogens (primary N) is 1. The van der Waals surface area contributed by atoms with Crippen molar-refractivity contribution in [1.82, 2.24) is 14.8 Å². The molecule has 0 radical (unpaired) electrons. The molecule has 3 N–H and O–H groups in total. The van der Waals surface area contributed by atoms with Crippen LogP contribution in [-0.2, 0) is 7.05 Å². The van der Waals surface area contributed by atoms with Crippen molar-refractivity contribution in [3.63, 3.8) is 0 Å². The van der Waals surface area contributed by atoms with E-state index in [1.54, 1.807) is 17.9 Å². The fraction of sp³-hybridized carbons (Fsp3) is 0.278. The molecule has 0 bridgehead atoms. The van der Waals surface area contributed by atoms with Gasteiger partial charge in [0.15, 0.2) is 11.5 Å². The standard InChI is InChI=1S/C18H18F2N6OS/c1-25-18(26-7-2-3-8-26)12(9-22-25)23-16(27)14-15(21)28-17(24-14)13-10(19)5-4-6-11(13)20/h4-6,9H,2-3,7-8,21H2,1H3,(H,23,27). The number of hydrogen-bond donors (Lipinski definition) is 2. The van der Waals surface area contributed by atoms with Gasteiger partial charge in [0, 0.05) is 20.1 Å². The van der Waals surface area contributed by atoms with Crippen LogP contribution in [0.5, 0.6) is 0 Å². The summed E-state index contributed by atoms with van der Waals surface area (Å²) >= 11 is 0.864. The topological polar surface area (TPSA) is 89.1 Å². The summed E-state index contributed by atoms with van der Waals surface area (Å²) in [5, 5.41) is 7.09. The third kappa shape index (κ3) is 3.19. The molecule has 28 heavy (non-hydrogen) atoms. The van der Waals surface area contributed by atoms with Crippen molar-refractivity contribution in [2.24, 2.45) is 7.05 Å². The van der Waals surface area contributed by atoms with Gasteiger partial charge < -0.3 is 16.0 Å². The van der Waals surface area contributed by atoms with Crippen molar-refractivity contribution in [2.75, 3.05) is 29.0 Å². The van der Waals surface area contributed by atoms with E-state index in [4.69, 9.17) is 5.73 Å². The Kier molecular flexibility index (Phi) is 4.71. The van der Waals surface area contributed by atoms with Crippen LogP contribution >= 0.6 is 11.3 Å². The molecule has 0 saturated carbocycles. The number of benzene rings is 1. The van der Waals surface area contributed by atoms with E-state index in [9.17, 15) is 13.6 Å².